The molecule has 1 aliphatic heterocycles. The molecule has 2 atom stereocenters. The summed E-state index contributed by atoms with van der Waals surface area (Å²) in [5.41, 5.74) is 0.410. The first-order valence-corrected chi connectivity index (χ1v) is 7.78. The number of rotatable bonds is 2. The van der Waals surface area contributed by atoms with Gasteiger partial charge in [-0.3, -0.25) is 0 Å². The van der Waals surface area contributed by atoms with E-state index in [-0.39, 0.29) is 16.2 Å². The molecule has 0 saturated carbocycles. The lowest BCUT2D eigenvalue weighted by molar-refractivity contribution is 0.285. The van der Waals surface area contributed by atoms with Crippen LogP contribution in [0.4, 0.5) is 0 Å². The van der Waals surface area contributed by atoms with E-state index < -0.39 is 10.0 Å². The molecule has 2 heterocycles. The van der Waals surface area contributed by atoms with Gasteiger partial charge in [0.15, 0.2) is 5.76 Å². The number of hydrogen-bond acceptors (Lipinski definition) is 4. The van der Waals surface area contributed by atoms with Crippen LogP contribution in [-0.4, -0.2) is 36.3 Å². The minimum Gasteiger partial charge on any atom is -0.360 e. The molecule has 5 nitrogen and oxygen atoms in total. The van der Waals surface area contributed by atoms with Crippen LogP contribution in [0.1, 0.15) is 24.8 Å². The van der Waals surface area contributed by atoms with Gasteiger partial charge in [0.25, 0.3) is 0 Å². The minimum absolute atomic E-state index is 0.0427. The Labute approximate surface area is 112 Å². The van der Waals surface area contributed by atoms with E-state index in [0.29, 0.717) is 31.0 Å². The monoisotopic (exact) mass is 292 g/mol. The van der Waals surface area contributed by atoms with Gasteiger partial charge >= 0.3 is 0 Å². The highest BCUT2D eigenvalue weighted by Gasteiger charge is 2.35. The lowest BCUT2D eigenvalue weighted by Gasteiger charge is -2.33. The predicted molar refractivity (Wildman–Crippen MR) is 68.2 cm³/mol. The molecule has 0 aromatic carbocycles. The van der Waals surface area contributed by atoms with Crippen molar-refractivity contribution in [2.24, 2.45) is 5.92 Å². The molecule has 102 valence electrons. The minimum atomic E-state index is -3.52. The Hall–Kier alpha value is -0.590. The van der Waals surface area contributed by atoms with Gasteiger partial charge in [-0.15, -0.1) is 11.6 Å². The molecular weight excluding hydrogens is 276 g/mol. The Morgan fingerprint density at radius 2 is 2.11 bits per heavy atom. The third-order valence-electron chi connectivity index (χ3n) is 3.33. The topological polar surface area (TPSA) is 63.4 Å². The lowest BCUT2D eigenvalue weighted by Crippen LogP contribution is -2.43. The van der Waals surface area contributed by atoms with E-state index in [9.17, 15) is 8.42 Å². The van der Waals surface area contributed by atoms with Crippen LogP contribution in [0.3, 0.4) is 0 Å². The summed E-state index contributed by atoms with van der Waals surface area (Å²) in [6.07, 6.45) is 0.672. The Balaban J connectivity index is 2.33. The average molecular weight is 293 g/mol. The van der Waals surface area contributed by atoms with Gasteiger partial charge in [-0.25, -0.2) is 8.42 Å². The standard InChI is InChI=1S/C11H17ClN2O3S/c1-7-6-14(5-4-10(7)12)18(15,16)11-8(2)13-17-9(11)3/h7,10H,4-6H2,1-3H3. The van der Waals surface area contributed by atoms with Crippen molar-refractivity contribution in [2.75, 3.05) is 13.1 Å². The van der Waals surface area contributed by atoms with Gasteiger partial charge in [0.05, 0.1) is 0 Å². The van der Waals surface area contributed by atoms with Gasteiger partial charge in [0.1, 0.15) is 10.6 Å². The van der Waals surface area contributed by atoms with Crippen molar-refractivity contribution in [1.82, 2.24) is 9.46 Å². The molecule has 7 heteroatoms. The molecule has 2 unspecified atom stereocenters. The molecule has 0 bridgehead atoms. The Morgan fingerprint density at radius 3 is 2.61 bits per heavy atom. The highest BCUT2D eigenvalue weighted by Crippen LogP contribution is 2.29. The Bertz CT molecular complexity index is 521. The van der Waals surface area contributed by atoms with E-state index in [2.05, 4.69) is 5.16 Å². The third kappa shape index (κ3) is 2.29. The highest BCUT2D eigenvalue weighted by atomic mass is 35.5. The number of sulfonamides is 1. The van der Waals surface area contributed by atoms with Gasteiger partial charge < -0.3 is 4.52 Å². The van der Waals surface area contributed by atoms with E-state index in [0.717, 1.165) is 0 Å². The van der Waals surface area contributed by atoms with Crippen molar-refractivity contribution < 1.29 is 12.9 Å². The first-order valence-electron chi connectivity index (χ1n) is 5.91. The van der Waals surface area contributed by atoms with Crippen LogP contribution < -0.4 is 0 Å². The summed E-state index contributed by atoms with van der Waals surface area (Å²) < 4.78 is 31.5. The molecule has 0 radical (unpaired) electrons. The van der Waals surface area contributed by atoms with E-state index in [4.69, 9.17) is 16.1 Å². The van der Waals surface area contributed by atoms with Crippen LogP contribution in [0.5, 0.6) is 0 Å². The zero-order valence-electron chi connectivity index (χ0n) is 10.7. The van der Waals surface area contributed by atoms with Crippen molar-refractivity contribution in [3.8, 4) is 0 Å². The molecule has 0 N–H and O–H groups in total. The van der Waals surface area contributed by atoms with Crippen LogP contribution in [0.15, 0.2) is 9.42 Å². The van der Waals surface area contributed by atoms with Crippen LogP contribution in [-0.2, 0) is 10.0 Å². The highest BCUT2D eigenvalue weighted by molar-refractivity contribution is 7.89. The summed E-state index contributed by atoms with van der Waals surface area (Å²) >= 11 is 6.12. The van der Waals surface area contributed by atoms with Crippen molar-refractivity contribution in [3.05, 3.63) is 11.5 Å². The van der Waals surface area contributed by atoms with Gasteiger partial charge in [-0.05, 0) is 26.2 Å². The maximum Gasteiger partial charge on any atom is 0.248 e. The molecule has 1 aromatic rings. The third-order valence-corrected chi connectivity index (χ3v) is 6.09. The summed E-state index contributed by atoms with van der Waals surface area (Å²) in [5, 5.41) is 3.75. The van der Waals surface area contributed by atoms with Crippen molar-refractivity contribution in [2.45, 2.75) is 37.5 Å². The summed E-state index contributed by atoms with van der Waals surface area (Å²) in [6.45, 7) is 6.11. The van der Waals surface area contributed by atoms with Gasteiger partial charge in [-0.2, -0.15) is 4.31 Å². The first kappa shape index (κ1) is 13.8. The van der Waals surface area contributed by atoms with E-state index in [1.54, 1.807) is 13.8 Å². The van der Waals surface area contributed by atoms with Crippen LogP contribution in [0.2, 0.25) is 0 Å². The van der Waals surface area contributed by atoms with E-state index >= 15 is 0 Å². The smallest absolute Gasteiger partial charge is 0.248 e. The lowest BCUT2D eigenvalue weighted by atomic mass is 10.0. The normalized spacial score (nSPS) is 26.4. The van der Waals surface area contributed by atoms with Gasteiger partial charge in [0.2, 0.25) is 10.0 Å². The second-order valence-electron chi connectivity index (χ2n) is 4.80. The first-order chi connectivity index (χ1) is 8.34. The fourth-order valence-corrected chi connectivity index (χ4v) is 4.29. The summed E-state index contributed by atoms with van der Waals surface area (Å²) in [5.74, 6) is 0.490. The fourth-order valence-electron chi connectivity index (χ4n) is 2.27. The second kappa shape index (κ2) is 4.83. The number of aryl methyl sites for hydroxylation is 2. The van der Waals surface area contributed by atoms with Gasteiger partial charge in [0, 0.05) is 18.5 Å². The molecule has 1 fully saturated rings. The van der Waals surface area contributed by atoms with Gasteiger partial charge in [-0.1, -0.05) is 12.1 Å². The zero-order chi connectivity index (χ0) is 13.5. The Morgan fingerprint density at radius 1 is 1.44 bits per heavy atom. The number of aromatic nitrogens is 1. The molecule has 18 heavy (non-hydrogen) atoms. The molecular formula is C11H17ClN2O3S. The zero-order valence-corrected chi connectivity index (χ0v) is 12.3. The molecule has 0 spiro atoms. The number of piperidine rings is 1. The van der Waals surface area contributed by atoms with Crippen LogP contribution in [0, 0.1) is 19.8 Å². The fraction of sp³-hybridized carbons (Fsp3) is 0.727. The predicted octanol–water partition coefficient (Wildman–Crippen LogP) is 1.93. The SMILES string of the molecule is Cc1noc(C)c1S(=O)(=O)N1CCC(Cl)C(C)C1. The number of halogens is 1. The number of hydrogen-bond donors (Lipinski definition) is 0. The molecule has 0 amide bonds. The summed E-state index contributed by atoms with van der Waals surface area (Å²) in [6, 6.07) is 0. The molecule has 2 rings (SSSR count). The quantitative estimate of drug-likeness (QED) is 0.781. The number of nitrogens with zero attached hydrogens (tertiary/aromatic N) is 2. The summed E-state index contributed by atoms with van der Waals surface area (Å²) in [4.78, 5) is 0.197. The maximum atomic E-state index is 12.5. The maximum absolute atomic E-state index is 12.5. The van der Waals surface area contributed by atoms with Crippen LogP contribution >= 0.6 is 11.6 Å². The van der Waals surface area contributed by atoms with E-state index in [1.165, 1.54) is 4.31 Å². The van der Waals surface area contributed by atoms with Crippen molar-refractivity contribution in [3.63, 3.8) is 0 Å². The van der Waals surface area contributed by atoms with E-state index in [1.807, 2.05) is 6.92 Å². The molecule has 1 saturated heterocycles. The molecule has 1 aromatic heterocycles. The van der Waals surface area contributed by atoms with Crippen molar-refractivity contribution in [1.29, 1.82) is 0 Å². The molecule has 1 aliphatic rings. The molecule has 0 aliphatic carbocycles. The Kier molecular flexibility index (Phi) is 3.71. The summed E-state index contributed by atoms with van der Waals surface area (Å²) in [7, 11) is -3.52. The van der Waals surface area contributed by atoms with Crippen molar-refractivity contribution >= 4 is 21.6 Å². The second-order valence-corrected chi connectivity index (χ2v) is 7.23. The largest absolute Gasteiger partial charge is 0.360 e. The average Bonchev–Trinajstić information content (AvgIpc) is 2.62. The number of alkyl halides is 1. The van der Waals surface area contributed by atoms with Crippen LogP contribution in [0.25, 0.3) is 0 Å².